The van der Waals surface area contributed by atoms with Crippen LogP contribution < -0.4 is 9.62 Å². The Morgan fingerprint density at radius 3 is 2.32 bits per heavy atom. The lowest BCUT2D eigenvalue weighted by Gasteiger charge is -2.41. The third kappa shape index (κ3) is 7.57. The molecule has 1 atom stereocenters. The Bertz CT molecular complexity index is 1330. The van der Waals surface area contributed by atoms with Crippen LogP contribution in [0, 0.1) is 0 Å². The van der Waals surface area contributed by atoms with Gasteiger partial charge in [0.15, 0.2) is 5.75 Å². The van der Waals surface area contributed by atoms with Crippen LogP contribution in [-0.4, -0.2) is 94.9 Å². The van der Waals surface area contributed by atoms with E-state index in [0.29, 0.717) is 18.4 Å². The van der Waals surface area contributed by atoms with E-state index in [1.165, 1.54) is 6.07 Å². The maximum absolute atomic E-state index is 13.6. The van der Waals surface area contributed by atoms with E-state index in [1.807, 2.05) is 30.3 Å². The highest BCUT2D eigenvalue weighted by Crippen LogP contribution is 2.48. The molecule has 0 saturated carbocycles. The van der Waals surface area contributed by atoms with Crippen molar-refractivity contribution in [2.75, 3.05) is 56.9 Å². The van der Waals surface area contributed by atoms with Gasteiger partial charge in [0.25, 0.3) is 0 Å². The standard InChI is InChI=1S/C28H35F3N4O5S/c1-33(2)16-25(36)32-23(18-40-17-21-8-4-3-5-9-21)26(37)34-14-12-27(13-15-34)19-35(24-11-7-6-10-22(24)27)41(38,39)20-28(29,30)31/h3-11,23H,12-20H2,1-2H3,(H,32,36)/t23-/m1/s1. The van der Waals surface area contributed by atoms with Gasteiger partial charge in [0, 0.05) is 25.0 Å². The SMILES string of the molecule is CN(C)CC(=O)N[C@H](COCc1ccccc1)C(=O)N1CCC2(CC1)CN(S(=O)(=O)CC(F)(F)F)c1ccccc12. The Kier molecular flexibility index (Phi) is 9.29. The average molecular weight is 597 g/mol. The molecule has 2 heterocycles. The summed E-state index contributed by atoms with van der Waals surface area (Å²) in [5.41, 5.74) is 1.11. The van der Waals surface area contributed by atoms with E-state index in [-0.39, 0.29) is 56.9 Å². The molecule has 4 rings (SSSR count). The molecular formula is C28H35F3N4O5S. The van der Waals surface area contributed by atoms with Gasteiger partial charge < -0.3 is 19.9 Å². The van der Waals surface area contributed by atoms with Crippen molar-refractivity contribution in [1.29, 1.82) is 0 Å². The lowest BCUT2D eigenvalue weighted by Crippen LogP contribution is -2.56. The molecule has 0 radical (unpaired) electrons. The summed E-state index contributed by atoms with van der Waals surface area (Å²) >= 11 is 0. The van der Waals surface area contributed by atoms with E-state index >= 15 is 0 Å². The third-order valence-electron chi connectivity index (χ3n) is 7.39. The van der Waals surface area contributed by atoms with Gasteiger partial charge in [-0.05, 0) is 44.1 Å². The first-order valence-corrected chi connectivity index (χ1v) is 14.9. The summed E-state index contributed by atoms with van der Waals surface area (Å²) in [6.45, 7) is 0.690. The number of amides is 2. The van der Waals surface area contributed by atoms with Gasteiger partial charge in [-0.2, -0.15) is 13.2 Å². The minimum absolute atomic E-state index is 0.0408. The molecule has 1 N–H and O–H groups in total. The van der Waals surface area contributed by atoms with Crippen molar-refractivity contribution in [1.82, 2.24) is 15.1 Å². The quantitative estimate of drug-likeness (QED) is 0.453. The highest BCUT2D eigenvalue weighted by atomic mass is 32.2. The average Bonchev–Trinajstić information content (AvgIpc) is 3.22. The molecule has 0 aliphatic carbocycles. The first-order chi connectivity index (χ1) is 19.3. The van der Waals surface area contributed by atoms with Crippen LogP contribution in [0.2, 0.25) is 0 Å². The number of hydrogen-bond donors (Lipinski definition) is 1. The third-order valence-corrected chi connectivity index (χ3v) is 9.08. The van der Waals surface area contributed by atoms with Crippen LogP contribution in [0.5, 0.6) is 0 Å². The maximum Gasteiger partial charge on any atom is 0.404 e. The summed E-state index contributed by atoms with van der Waals surface area (Å²) in [6, 6.07) is 15.1. The van der Waals surface area contributed by atoms with E-state index in [9.17, 15) is 31.2 Å². The van der Waals surface area contributed by atoms with Gasteiger partial charge in [0.05, 0.1) is 25.4 Å². The number of rotatable bonds is 10. The Morgan fingerprint density at radius 1 is 1.05 bits per heavy atom. The number of carbonyl (C=O) groups excluding carboxylic acids is 2. The van der Waals surface area contributed by atoms with Crippen LogP contribution in [0.15, 0.2) is 54.6 Å². The molecule has 2 aliphatic heterocycles. The number of para-hydroxylation sites is 1. The van der Waals surface area contributed by atoms with Crippen LogP contribution in [0.25, 0.3) is 0 Å². The second-order valence-electron chi connectivity index (χ2n) is 10.9. The van der Waals surface area contributed by atoms with Gasteiger partial charge in [-0.25, -0.2) is 8.42 Å². The summed E-state index contributed by atoms with van der Waals surface area (Å²) in [5, 5.41) is 2.77. The van der Waals surface area contributed by atoms with Crippen LogP contribution >= 0.6 is 0 Å². The normalized spacial score (nSPS) is 17.5. The molecule has 13 heteroatoms. The number of carbonyl (C=O) groups is 2. The molecule has 0 aromatic heterocycles. The number of sulfonamides is 1. The summed E-state index contributed by atoms with van der Waals surface area (Å²) in [4.78, 5) is 29.4. The van der Waals surface area contributed by atoms with Crippen molar-refractivity contribution < 1.29 is 35.9 Å². The molecule has 41 heavy (non-hydrogen) atoms. The van der Waals surface area contributed by atoms with Crippen LogP contribution in [0.1, 0.15) is 24.0 Å². The Morgan fingerprint density at radius 2 is 1.68 bits per heavy atom. The van der Waals surface area contributed by atoms with Crippen LogP contribution in [-0.2, 0) is 36.4 Å². The van der Waals surface area contributed by atoms with Crippen molar-refractivity contribution in [3.8, 4) is 0 Å². The number of halogens is 3. The minimum atomic E-state index is -4.87. The number of alkyl halides is 3. The number of likely N-dealkylation sites (N-methyl/N-ethyl adjacent to an activating group) is 1. The zero-order valence-corrected chi connectivity index (χ0v) is 23.9. The number of anilines is 1. The Balaban J connectivity index is 1.46. The fourth-order valence-electron chi connectivity index (χ4n) is 5.49. The smallest absolute Gasteiger partial charge is 0.374 e. The molecule has 1 fully saturated rings. The van der Waals surface area contributed by atoms with Crippen molar-refractivity contribution >= 4 is 27.5 Å². The summed E-state index contributed by atoms with van der Waals surface area (Å²) in [7, 11) is -1.17. The largest absolute Gasteiger partial charge is 0.404 e. The zero-order valence-electron chi connectivity index (χ0n) is 23.1. The van der Waals surface area contributed by atoms with Crippen molar-refractivity contribution in [2.45, 2.75) is 37.1 Å². The van der Waals surface area contributed by atoms with Gasteiger partial charge in [-0.15, -0.1) is 0 Å². The fourth-order valence-corrected chi connectivity index (χ4v) is 6.96. The maximum atomic E-state index is 13.6. The zero-order chi connectivity index (χ0) is 29.8. The highest BCUT2D eigenvalue weighted by molar-refractivity contribution is 7.92. The van der Waals surface area contributed by atoms with Gasteiger partial charge in [-0.3, -0.25) is 13.9 Å². The number of benzene rings is 2. The van der Waals surface area contributed by atoms with Crippen molar-refractivity contribution in [2.24, 2.45) is 0 Å². The minimum Gasteiger partial charge on any atom is -0.374 e. The number of ether oxygens (including phenoxy) is 1. The Labute approximate surface area is 238 Å². The van der Waals surface area contributed by atoms with Gasteiger partial charge in [0.2, 0.25) is 21.8 Å². The fraction of sp³-hybridized carbons (Fsp3) is 0.500. The molecular weight excluding hydrogens is 561 g/mol. The first kappa shape index (κ1) is 30.8. The van der Waals surface area contributed by atoms with Gasteiger partial charge in [-0.1, -0.05) is 48.5 Å². The molecule has 1 spiro atoms. The van der Waals surface area contributed by atoms with E-state index < -0.39 is 33.4 Å². The van der Waals surface area contributed by atoms with E-state index in [4.69, 9.17) is 4.74 Å². The van der Waals surface area contributed by atoms with Crippen LogP contribution in [0.3, 0.4) is 0 Å². The second kappa shape index (κ2) is 12.4. The number of hydrogen-bond acceptors (Lipinski definition) is 6. The summed E-state index contributed by atoms with van der Waals surface area (Å²) in [6.07, 6.45) is -4.15. The van der Waals surface area contributed by atoms with E-state index in [1.54, 1.807) is 42.1 Å². The van der Waals surface area contributed by atoms with E-state index in [2.05, 4.69) is 5.32 Å². The van der Waals surface area contributed by atoms with E-state index in [0.717, 1.165) is 9.87 Å². The molecule has 9 nitrogen and oxygen atoms in total. The molecule has 2 amide bonds. The van der Waals surface area contributed by atoms with Crippen LogP contribution in [0.4, 0.5) is 18.9 Å². The number of fused-ring (bicyclic) bond motifs is 2. The summed E-state index contributed by atoms with van der Waals surface area (Å²) < 4.78 is 71.4. The lowest BCUT2D eigenvalue weighted by molar-refractivity contribution is -0.140. The number of likely N-dealkylation sites (tertiary alicyclic amines) is 1. The number of nitrogens with zero attached hydrogens (tertiary/aromatic N) is 3. The first-order valence-electron chi connectivity index (χ1n) is 13.3. The Hall–Kier alpha value is -3.16. The predicted molar refractivity (Wildman–Crippen MR) is 148 cm³/mol. The monoisotopic (exact) mass is 596 g/mol. The number of piperidine rings is 1. The topological polar surface area (TPSA) is 99.3 Å². The molecule has 0 bridgehead atoms. The highest BCUT2D eigenvalue weighted by Gasteiger charge is 2.50. The lowest BCUT2D eigenvalue weighted by atomic mass is 9.74. The van der Waals surface area contributed by atoms with Crippen molar-refractivity contribution in [3.05, 3.63) is 65.7 Å². The molecule has 2 aromatic rings. The molecule has 0 unspecified atom stereocenters. The van der Waals surface area contributed by atoms with Gasteiger partial charge in [0.1, 0.15) is 6.04 Å². The molecule has 224 valence electrons. The summed E-state index contributed by atoms with van der Waals surface area (Å²) in [5.74, 6) is -2.60. The van der Waals surface area contributed by atoms with Crippen molar-refractivity contribution in [3.63, 3.8) is 0 Å². The second-order valence-corrected chi connectivity index (χ2v) is 12.8. The van der Waals surface area contributed by atoms with Gasteiger partial charge >= 0.3 is 6.18 Å². The predicted octanol–water partition coefficient (Wildman–Crippen LogP) is 2.52. The number of nitrogens with one attached hydrogen (secondary N) is 1. The molecule has 2 aliphatic rings. The molecule has 2 aromatic carbocycles. The molecule has 1 saturated heterocycles.